The van der Waals surface area contributed by atoms with E-state index >= 15 is 0 Å². The number of hydrogen-bond acceptors (Lipinski definition) is 3. The number of piperidine rings is 1. The lowest BCUT2D eigenvalue weighted by atomic mass is 9.77. The van der Waals surface area contributed by atoms with Crippen LogP contribution in [0.2, 0.25) is 0 Å². The van der Waals surface area contributed by atoms with Gasteiger partial charge in [0.15, 0.2) is 0 Å². The van der Waals surface area contributed by atoms with Crippen molar-refractivity contribution in [1.29, 1.82) is 0 Å². The Bertz CT molecular complexity index is 404. The van der Waals surface area contributed by atoms with Crippen molar-refractivity contribution in [3.63, 3.8) is 0 Å². The number of likely N-dealkylation sites (tertiary alicyclic amines) is 1. The molecule has 0 aromatic rings. The fraction of sp³-hybridized carbons (Fsp3) is 0.733. The summed E-state index contributed by atoms with van der Waals surface area (Å²) in [4.78, 5) is 24.7. The molecule has 2 unspecified atom stereocenters. The molecule has 1 fully saturated rings. The number of nitrogens with two attached hydrogens (primary N) is 2. The molecule has 1 heterocycles. The predicted molar refractivity (Wildman–Crippen MR) is 79.7 cm³/mol. The van der Waals surface area contributed by atoms with Gasteiger partial charge in [-0.05, 0) is 38.1 Å². The molecule has 0 saturated carbocycles. The van der Waals surface area contributed by atoms with Crippen LogP contribution in [-0.2, 0) is 9.59 Å². The Morgan fingerprint density at radius 3 is 2.35 bits per heavy atom. The maximum absolute atomic E-state index is 11.5. The summed E-state index contributed by atoms with van der Waals surface area (Å²) in [6.07, 6.45) is 2.76. The highest BCUT2D eigenvalue weighted by molar-refractivity contribution is 5.92. The third-order valence-corrected chi connectivity index (χ3v) is 4.43. The van der Waals surface area contributed by atoms with E-state index in [1.54, 1.807) is 0 Å². The van der Waals surface area contributed by atoms with E-state index in [2.05, 4.69) is 11.8 Å². The van der Waals surface area contributed by atoms with Gasteiger partial charge in [0.25, 0.3) is 0 Å². The smallest absolute Gasteiger partial charge is 0.244 e. The summed E-state index contributed by atoms with van der Waals surface area (Å²) in [5, 5.41) is 0. The molecule has 5 heteroatoms. The second-order valence-electron chi connectivity index (χ2n) is 5.64. The molecule has 0 bridgehead atoms. The van der Waals surface area contributed by atoms with Crippen molar-refractivity contribution in [3.05, 3.63) is 11.1 Å². The van der Waals surface area contributed by atoms with Crippen molar-refractivity contribution in [2.75, 3.05) is 19.6 Å². The van der Waals surface area contributed by atoms with E-state index in [9.17, 15) is 9.59 Å². The fourth-order valence-electron chi connectivity index (χ4n) is 3.28. The summed E-state index contributed by atoms with van der Waals surface area (Å²) in [7, 11) is 0. The molecule has 0 spiro atoms. The minimum absolute atomic E-state index is 0.288. The molecule has 0 aromatic carbocycles. The zero-order valence-corrected chi connectivity index (χ0v) is 12.8. The Hall–Kier alpha value is -1.36. The highest BCUT2D eigenvalue weighted by atomic mass is 16.1. The van der Waals surface area contributed by atoms with Crippen molar-refractivity contribution >= 4 is 11.8 Å². The van der Waals surface area contributed by atoms with Gasteiger partial charge in [-0.2, -0.15) is 0 Å². The summed E-state index contributed by atoms with van der Waals surface area (Å²) in [5.74, 6) is 0.202. The number of carbonyl (C=O) groups is 2. The molecule has 4 N–H and O–H groups in total. The van der Waals surface area contributed by atoms with Gasteiger partial charge in [0.05, 0.1) is 6.54 Å². The van der Waals surface area contributed by atoms with Gasteiger partial charge in [-0.1, -0.05) is 25.8 Å². The normalized spacial score (nSPS) is 25.1. The molecule has 1 aliphatic heterocycles. The number of carbonyl (C=O) groups excluding carboxylic acids is 2. The zero-order valence-electron chi connectivity index (χ0n) is 12.8. The van der Waals surface area contributed by atoms with E-state index < -0.39 is 0 Å². The van der Waals surface area contributed by atoms with E-state index in [4.69, 9.17) is 11.5 Å². The highest BCUT2D eigenvalue weighted by Crippen LogP contribution is 2.33. The Labute approximate surface area is 121 Å². The number of nitrogens with zero attached hydrogens (tertiary/aromatic N) is 1. The maximum atomic E-state index is 11.5. The molecular formula is C15H27N3O2. The summed E-state index contributed by atoms with van der Waals surface area (Å²) >= 11 is 0. The van der Waals surface area contributed by atoms with Crippen LogP contribution in [0.25, 0.3) is 0 Å². The summed E-state index contributed by atoms with van der Waals surface area (Å²) in [6, 6.07) is 0. The lowest BCUT2D eigenvalue weighted by Gasteiger charge is -2.39. The zero-order chi connectivity index (χ0) is 15.3. The average molecular weight is 281 g/mol. The Morgan fingerprint density at radius 1 is 1.25 bits per heavy atom. The van der Waals surface area contributed by atoms with Gasteiger partial charge in [-0.3, -0.25) is 14.5 Å². The molecule has 1 saturated heterocycles. The quantitative estimate of drug-likeness (QED) is 0.713. The minimum atomic E-state index is -0.327. The molecule has 2 atom stereocenters. The first-order valence-corrected chi connectivity index (χ1v) is 7.40. The lowest BCUT2D eigenvalue weighted by molar-refractivity contribution is -0.119. The van der Waals surface area contributed by atoms with Crippen LogP contribution in [-0.4, -0.2) is 36.3 Å². The van der Waals surface area contributed by atoms with Crippen LogP contribution in [0.1, 0.15) is 40.0 Å². The molecule has 1 aliphatic rings. The van der Waals surface area contributed by atoms with Crippen LogP contribution in [0.15, 0.2) is 11.1 Å². The van der Waals surface area contributed by atoms with E-state index in [1.807, 2.05) is 13.8 Å². The third kappa shape index (κ3) is 4.07. The van der Waals surface area contributed by atoms with E-state index in [0.717, 1.165) is 37.1 Å². The van der Waals surface area contributed by atoms with Crippen LogP contribution in [0.3, 0.4) is 0 Å². The highest BCUT2D eigenvalue weighted by Gasteiger charge is 2.31. The largest absolute Gasteiger partial charge is 0.369 e. The molecule has 1 rings (SSSR count). The van der Waals surface area contributed by atoms with Crippen LogP contribution in [0.5, 0.6) is 0 Å². The van der Waals surface area contributed by atoms with E-state index in [-0.39, 0.29) is 24.3 Å². The van der Waals surface area contributed by atoms with Gasteiger partial charge in [0.1, 0.15) is 0 Å². The molecule has 20 heavy (non-hydrogen) atoms. The van der Waals surface area contributed by atoms with Gasteiger partial charge in [0, 0.05) is 12.1 Å². The number of hydrogen-bond donors (Lipinski definition) is 2. The summed E-state index contributed by atoms with van der Waals surface area (Å²) in [6.45, 7) is 8.09. The van der Waals surface area contributed by atoms with Crippen molar-refractivity contribution in [2.24, 2.45) is 23.3 Å². The molecular weight excluding hydrogens is 254 g/mol. The van der Waals surface area contributed by atoms with Crippen molar-refractivity contribution in [2.45, 2.75) is 40.0 Å². The first kappa shape index (κ1) is 16.7. The SMILES string of the molecule is CCC(C(N)=O)=C(C)C1CN(CC(N)=O)CCC1CC. The van der Waals surface area contributed by atoms with Gasteiger partial charge in [-0.25, -0.2) is 0 Å². The Morgan fingerprint density at radius 2 is 1.90 bits per heavy atom. The van der Waals surface area contributed by atoms with Crippen LogP contribution < -0.4 is 11.5 Å². The van der Waals surface area contributed by atoms with E-state index in [1.165, 1.54) is 0 Å². The maximum Gasteiger partial charge on any atom is 0.244 e. The topological polar surface area (TPSA) is 89.4 Å². The van der Waals surface area contributed by atoms with E-state index in [0.29, 0.717) is 12.3 Å². The first-order valence-electron chi connectivity index (χ1n) is 7.40. The minimum Gasteiger partial charge on any atom is -0.369 e. The Kier molecular flexibility index (Phi) is 6.20. The van der Waals surface area contributed by atoms with Crippen LogP contribution in [0.4, 0.5) is 0 Å². The van der Waals surface area contributed by atoms with Crippen molar-refractivity contribution < 1.29 is 9.59 Å². The number of rotatable bonds is 6. The molecule has 0 aliphatic carbocycles. The van der Waals surface area contributed by atoms with Gasteiger partial charge in [-0.15, -0.1) is 0 Å². The summed E-state index contributed by atoms with van der Waals surface area (Å²) < 4.78 is 0. The van der Waals surface area contributed by atoms with Gasteiger partial charge < -0.3 is 11.5 Å². The number of amides is 2. The van der Waals surface area contributed by atoms with Gasteiger partial charge in [0.2, 0.25) is 11.8 Å². The van der Waals surface area contributed by atoms with Crippen molar-refractivity contribution in [3.8, 4) is 0 Å². The number of primary amides is 2. The molecule has 114 valence electrons. The molecule has 0 radical (unpaired) electrons. The molecule has 2 amide bonds. The van der Waals surface area contributed by atoms with Crippen LogP contribution >= 0.6 is 0 Å². The summed E-state index contributed by atoms with van der Waals surface area (Å²) in [5.41, 5.74) is 12.6. The van der Waals surface area contributed by atoms with Crippen molar-refractivity contribution in [1.82, 2.24) is 4.90 Å². The Balaban J connectivity index is 2.96. The fourth-order valence-corrected chi connectivity index (χ4v) is 3.28. The monoisotopic (exact) mass is 281 g/mol. The third-order valence-electron chi connectivity index (χ3n) is 4.43. The first-order chi connectivity index (χ1) is 9.40. The average Bonchev–Trinajstić information content (AvgIpc) is 2.38. The lowest BCUT2D eigenvalue weighted by Crippen LogP contribution is -2.45. The van der Waals surface area contributed by atoms with Gasteiger partial charge >= 0.3 is 0 Å². The molecule has 5 nitrogen and oxygen atoms in total. The second-order valence-corrected chi connectivity index (χ2v) is 5.64. The van der Waals surface area contributed by atoms with Crippen LogP contribution in [0, 0.1) is 11.8 Å². The molecule has 0 aromatic heterocycles. The second kappa shape index (κ2) is 7.43. The standard InChI is InChI=1S/C15H27N3O2/c1-4-11-6-7-18(9-14(16)19)8-13(11)10(3)12(5-2)15(17)20/h11,13H,4-9H2,1-3H3,(H2,16,19)(H2,17,20). The predicted octanol–water partition coefficient (Wildman–Crippen LogP) is 1.03.